The molecule has 1 aromatic heterocycles. The highest BCUT2D eigenvalue weighted by Crippen LogP contribution is 2.32. The summed E-state index contributed by atoms with van der Waals surface area (Å²) in [5.41, 5.74) is 3.05. The number of halogens is 1. The van der Waals surface area contributed by atoms with Crippen molar-refractivity contribution in [1.29, 1.82) is 0 Å². The molecule has 18 heavy (non-hydrogen) atoms. The summed E-state index contributed by atoms with van der Waals surface area (Å²) in [4.78, 5) is 4.59. The van der Waals surface area contributed by atoms with Crippen LogP contribution >= 0.6 is 22.9 Å². The predicted molar refractivity (Wildman–Crippen MR) is 79.1 cm³/mol. The molecular formula is C14H11ClN2S. The van der Waals surface area contributed by atoms with Crippen LogP contribution in [0, 0.1) is 6.92 Å². The van der Waals surface area contributed by atoms with Crippen LogP contribution in [0.5, 0.6) is 0 Å². The SMILES string of the molecule is Cc1c(Cl)ccc2sc(Nc3ccccc3)nc12. The lowest BCUT2D eigenvalue weighted by Gasteiger charge is -2.00. The van der Waals surface area contributed by atoms with Gasteiger partial charge in [-0.15, -0.1) is 0 Å². The second-order valence-electron chi connectivity index (χ2n) is 4.03. The number of aromatic nitrogens is 1. The average Bonchev–Trinajstić information content (AvgIpc) is 2.79. The monoisotopic (exact) mass is 274 g/mol. The zero-order chi connectivity index (χ0) is 12.5. The number of benzene rings is 2. The van der Waals surface area contributed by atoms with E-state index in [0.717, 1.165) is 31.6 Å². The minimum absolute atomic E-state index is 0.763. The topological polar surface area (TPSA) is 24.9 Å². The smallest absolute Gasteiger partial charge is 0.188 e. The summed E-state index contributed by atoms with van der Waals surface area (Å²) in [5.74, 6) is 0. The van der Waals surface area contributed by atoms with E-state index in [1.807, 2.05) is 49.4 Å². The average molecular weight is 275 g/mol. The third-order valence-corrected chi connectivity index (χ3v) is 4.12. The maximum Gasteiger partial charge on any atom is 0.188 e. The van der Waals surface area contributed by atoms with Crippen molar-refractivity contribution >= 4 is 44.0 Å². The van der Waals surface area contributed by atoms with Crippen molar-refractivity contribution in [3.63, 3.8) is 0 Å². The summed E-state index contributed by atoms with van der Waals surface area (Å²) >= 11 is 7.74. The number of nitrogens with zero attached hydrogens (tertiary/aromatic N) is 1. The minimum Gasteiger partial charge on any atom is -0.332 e. The van der Waals surface area contributed by atoms with E-state index in [4.69, 9.17) is 11.6 Å². The highest BCUT2D eigenvalue weighted by Gasteiger charge is 2.08. The van der Waals surface area contributed by atoms with Crippen LogP contribution in [0.3, 0.4) is 0 Å². The number of fused-ring (bicyclic) bond motifs is 1. The van der Waals surface area contributed by atoms with Gasteiger partial charge in [-0.25, -0.2) is 4.98 Å². The van der Waals surface area contributed by atoms with Gasteiger partial charge in [-0.2, -0.15) is 0 Å². The Morgan fingerprint density at radius 2 is 1.89 bits per heavy atom. The Bertz CT molecular complexity index is 692. The molecule has 0 aliphatic heterocycles. The number of rotatable bonds is 2. The molecule has 1 N–H and O–H groups in total. The van der Waals surface area contributed by atoms with E-state index < -0.39 is 0 Å². The van der Waals surface area contributed by atoms with E-state index in [9.17, 15) is 0 Å². The van der Waals surface area contributed by atoms with Gasteiger partial charge in [0.25, 0.3) is 0 Å². The van der Waals surface area contributed by atoms with Gasteiger partial charge in [-0.05, 0) is 36.8 Å². The van der Waals surface area contributed by atoms with Crippen LogP contribution in [-0.2, 0) is 0 Å². The van der Waals surface area contributed by atoms with Gasteiger partial charge in [-0.1, -0.05) is 41.1 Å². The number of hydrogen-bond donors (Lipinski definition) is 1. The Hall–Kier alpha value is -1.58. The molecular weight excluding hydrogens is 264 g/mol. The summed E-state index contributed by atoms with van der Waals surface area (Å²) in [6.45, 7) is 2.00. The zero-order valence-electron chi connectivity index (χ0n) is 9.77. The van der Waals surface area contributed by atoms with Gasteiger partial charge < -0.3 is 5.32 Å². The highest BCUT2D eigenvalue weighted by atomic mass is 35.5. The van der Waals surface area contributed by atoms with E-state index in [0.29, 0.717) is 0 Å². The Morgan fingerprint density at radius 3 is 2.67 bits per heavy atom. The standard InChI is InChI=1S/C14H11ClN2S/c1-9-11(15)7-8-12-13(9)17-14(18-12)16-10-5-3-2-4-6-10/h2-8H,1H3,(H,16,17). The lowest BCUT2D eigenvalue weighted by atomic mass is 10.2. The molecule has 0 spiro atoms. The third kappa shape index (κ3) is 2.07. The number of aryl methyl sites for hydroxylation is 1. The summed E-state index contributed by atoms with van der Waals surface area (Å²) in [7, 11) is 0. The fourth-order valence-electron chi connectivity index (χ4n) is 1.80. The van der Waals surface area contributed by atoms with Crippen molar-refractivity contribution in [2.45, 2.75) is 6.92 Å². The molecule has 0 radical (unpaired) electrons. The van der Waals surface area contributed by atoms with Gasteiger partial charge >= 0.3 is 0 Å². The van der Waals surface area contributed by atoms with Crippen LogP contribution in [0.2, 0.25) is 5.02 Å². The van der Waals surface area contributed by atoms with Crippen molar-refractivity contribution in [2.24, 2.45) is 0 Å². The molecule has 0 atom stereocenters. The van der Waals surface area contributed by atoms with Crippen molar-refractivity contribution in [1.82, 2.24) is 4.98 Å². The van der Waals surface area contributed by atoms with Gasteiger partial charge in [0.15, 0.2) is 5.13 Å². The number of thiazole rings is 1. The molecule has 0 amide bonds. The van der Waals surface area contributed by atoms with Gasteiger partial charge in [0, 0.05) is 10.7 Å². The molecule has 0 saturated heterocycles. The minimum atomic E-state index is 0.763. The number of nitrogens with one attached hydrogen (secondary N) is 1. The van der Waals surface area contributed by atoms with Gasteiger partial charge in [0.2, 0.25) is 0 Å². The fraction of sp³-hybridized carbons (Fsp3) is 0.0714. The lowest BCUT2D eigenvalue weighted by molar-refractivity contribution is 1.40. The van der Waals surface area contributed by atoms with E-state index in [1.165, 1.54) is 0 Å². The third-order valence-electron chi connectivity index (χ3n) is 2.77. The number of hydrogen-bond acceptors (Lipinski definition) is 3. The summed E-state index contributed by atoms with van der Waals surface area (Å²) in [6, 6.07) is 14.0. The van der Waals surface area contributed by atoms with E-state index >= 15 is 0 Å². The maximum atomic E-state index is 6.10. The molecule has 0 aliphatic rings. The van der Waals surface area contributed by atoms with Crippen LogP contribution < -0.4 is 5.32 Å². The normalized spacial score (nSPS) is 10.8. The molecule has 0 bridgehead atoms. The fourth-order valence-corrected chi connectivity index (χ4v) is 2.90. The van der Waals surface area contributed by atoms with Gasteiger partial charge in [-0.3, -0.25) is 0 Å². The van der Waals surface area contributed by atoms with E-state index in [-0.39, 0.29) is 0 Å². The molecule has 0 saturated carbocycles. The van der Waals surface area contributed by atoms with Crippen LogP contribution in [0.4, 0.5) is 10.8 Å². The molecule has 2 nitrogen and oxygen atoms in total. The molecule has 3 aromatic rings. The molecule has 3 rings (SSSR count). The van der Waals surface area contributed by atoms with Crippen LogP contribution in [0.1, 0.15) is 5.56 Å². The Morgan fingerprint density at radius 1 is 1.11 bits per heavy atom. The van der Waals surface area contributed by atoms with Crippen molar-refractivity contribution in [3.05, 3.63) is 53.1 Å². The lowest BCUT2D eigenvalue weighted by Crippen LogP contribution is -1.88. The second kappa shape index (κ2) is 4.59. The predicted octanol–water partition coefficient (Wildman–Crippen LogP) is 5.00. The van der Waals surface area contributed by atoms with Crippen molar-refractivity contribution in [3.8, 4) is 0 Å². The van der Waals surface area contributed by atoms with Gasteiger partial charge in [0.05, 0.1) is 10.2 Å². The van der Waals surface area contributed by atoms with Gasteiger partial charge in [0.1, 0.15) is 0 Å². The quantitative estimate of drug-likeness (QED) is 0.711. The highest BCUT2D eigenvalue weighted by molar-refractivity contribution is 7.22. The molecule has 2 aromatic carbocycles. The Kier molecular flexibility index (Phi) is 2.94. The first-order valence-electron chi connectivity index (χ1n) is 5.62. The largest absolute Gasteiger partial charge is 0.332 e. The molecule has 0 fully saturated rings. The molecule has 1 heterocycles. The van der Waals surface area contributed by atoms with Crippen molar-refractivity contribution < 1.29 is 0 Å². The summed E-state index contributed by atoms with van der Waals surface area (Å²) < 4.78 is 1.15. The molecule has 0 unspecified atom stereocenters. The summed E-state index contributed by atoms with van der Waals surface area (Å²) in [5, 5.41) is 4.96. The van der Waals surface area contributed by atoms with E-state index in [1.54, 1.807) is 11.3 Å². The van der Waals surface area contributed by atoms with Crippen molar-refractivity contribution in [2.75, 3.05) is 5.32 Å². The Labute approximate surface area is 114 Å². The second-order valence-corrected chi connectivity index (χ2v) is 5.47. The van der Waals surface area contributed by atoms with Crippen LogP contribution in [0.25, 0.3) is 10.2 Å². The zero-order valence-corrected chi connectivity index (χ0v) is 11.3. The molecule has 4 heteroatoms. The molecule has 90 valence electrons. The first-order chi connectivity index (χ1) is 8.74. The number of para-hydroxylation sites is 1. The van der Waals surface area contributed by atoms with Crippen LogP contribution in [0.15, 0.2) is 42.5 Å². The van der Waals surface area contributed by atoms with E-state index in [2.05, 4.69) is 10.3 Å². The first kappa shape index (κ1) is 11.5. The number of anilines is 2. The Balaban J connectivity index is 2.02. The first-order valence-corrected chi connectivity index (χ1v) is 6.81. The summed E-state index contributed by atoms with van der Waals surface area (Å²) in [6.07, 6.45) is 0. The molecule has 0 aliphatic carbocycles. The van der Waals surface area contributed by atoms with Crippen LogP contribution in [-0.4, -0.2) is 4.98 Å². The maximum absolute atomic E-state index is 6.10.